The lowest BCUT2D eigenvalue weighted by Gasteiger charge is -2.10. The number of nitriles is 1. The fourth-order valence-electron chi connectivity index (χ4n) is 2.63. The van der Waals surface area contributed by atoms with E-state index in [2.05, 4.69) is 11.2 Å². The molecule has 0 aliphatic heterocycles. The summed E-state index contributed by atoms with van der Waals surface area (Å²) in [6.07, 6.45) is 0. The number of rotatable bonds is 7. The number of esters is 1. The summed E-state index contributed by atoms with van der Waals surface area (Å²) in [5.41, 5.74) is 2.82. The molecule has 2 aromatic carbocycles. The van der Waals surface area contributed by atoms with Gasteiger partial charge in [-0.15, -0.1) is 0 Å². The van der Waals surface area contributed by atoms with Crippen LogP contribution in [-0.2, 0) is 9.53 Å². The first-order chi connectivity index (χ1) is 13.6. The summed E-state index contributed by atoms with van der Waals surface area (Å²) < 4.78 is 17.3. The summed E-state index contributed by atoms with van der Waals surface area (Å²) in [5, 5.41) is 13.6. The number of carbonyl (C=O) groups excluding carboxylic acids is 1. The van der Waals surface area contributed by atoms with Crippen molar-refractivity contribution in [3.63, 3.8) is 0 Å². The molecule has 0 unspecified atom stereocenters. The second-order valence-electron chi connectivity index (χ2n) is 5.85. The number of hydrogen-bond acceptors (Lipinski definition) is 6. The molecule has 0 atom stereocenters. The predicted molar refractivity (Wildman–Crippen MR) is 102 cm³/mol. The molecule has 7 heteroatoms. The maximum Gasteiger partial charge on any atom is 0.302 e. The largest absolute Gasteiger partial charge is 0.497 e. The summed E-state index contributed by atoms with van der Waals surface area (Å²) in [7, 11) is 1.61. The third-order valence-electron chi connectivity index (χ3n) is 3.95. The van der Waals surface area contributed by atoms with Crippen molar-refractivity contribution in [1.82, 2.24) is 9.78 Å². The minimum absolute atomic E-state index is 0.201. The van der Waals surface area contributed by atoms with Crippen LogP contribution in [0.3, 0.4) is 0 Å². The minimum Gasteiger partial charge on any atom is -0.497 e. The van der Waals surface area contributed by atoms with Gasteiger partial charge in [0, 0.05) is 18.6 Å². The molecule has 0 saturated heterocycles. The molecular formula is C21H19N3O4. The molecule has 28 heavy (non-hydrogen) atoms. The minimum atomic E-state index is -0.334. The van der Waals surface area contributed by atoms with Crippen LogP contribution in [0.25, 0.3) is 16.9 Å². The third-order valence-corrected chi connectivity index (χ3v) is 3.95. The SMILES string of the molecule is COc1ccc(-n2nc(C#N)cc2-c2ccc(OCCOC(C)=O)cc2)cc1. The van der Waals surface area contributed by atoms with Crippen LogP contribution < -0.4 is 9.47 Å². The van der Waals surface area contributed by atoms with Gasteiger partial charge in [0.1, 0.15) is 30.8 Å². The van der Waals surface area contributed by atoms with Gasteiger partial charge in [-0.1, -0.05) is 0 Å². The Morgan fingerprint density at radius 1 is 1.07 bits per heavy atom. The standard InChI is InChI=1S/C21H19N3O4/c1-15(25)27-11-12-28-20-7-3-16(4-8-20)21-13-17(14-22)23-24(21)18-5-9-19(26-2)10-6-18/h3-10,13H,11-12H2,1-2H3. The van der Waals surface area contributed by atoms with Gasteiger partial charge in [0.05, 0.1) is 18.5 Å². The zero-order chi connectivity index (χ0) is 19.9. The summed E-state index contributed by atoms with van der Waals surface area (Å²) in [6.45, 7) is 1.84. The smallest absolute Gasteiger partial charge is 0.302 e. The first-order valence-electron chi connectivity index (χ1n) is 8.62. The van der Waals surface area contributed by atoms with Crippen molar-refractivity contribution < 1.29 is 19.0 Å². The van der Waals surface area contributed by atoms with Crippen LogP contribution in [0, 0.1) is 11.3 Å². The van der Waals surface area contributed by atoms with E-state index >= 15 is 0 Å². The molecule has 142 valence electrons. The molecule has 0 amide bonds. The second-order valence-corrected chi connectivity index (χ2v) is 5.85. The molecular weight excluding hydrogens is 358 g/mol. The topological polar surface area (TPSA) is 86.4 Å². The van der Waals surface area contributed by atoms with E-state index in [-0.39, 0.29) is 19.2 Å². The molecule has 0 aliphatic carbocycles. The van der Waals surface area contributed by atoms with Crippen LogP contribution in [0.2, 0.25) is 0 Å². The predicted octanol–water partition coefficient (Wildman–Crippen LogP) is 3.36. The molecule has 0 saturated carbocycles. The molecule has 0 N–H and O–H groups in total. The highest BCUT2D eigenvalue weighted by Crippen LogP contribution is 2.26. The average molecular weight is 377 g/mol. The molecule has 0 fully saturated rings. The van der Waals surface area contributed by atoms with E-state index in [0.717, 1.165) is 22.7 Å². The Hall–Kier alpha value is -3.79. The number of aromatic nitrogens is 2. The highest BCUT2D eigenvalue weighted by molar-refractivity contribution is 5.66. The molecule has 1 aromatic heterocycles. The van der Waals surface area contributed by atoms with Gasteiger partial charge in [-0.25, -0.2) is 4.68 Å². The summed E-state index contributed by atoms with van der Waals surface area (Å²) >= 11 is 0. The number of carbonyl (C=O) groups is 1. The lowest BCUT2D eigenvalue weighted by molar-refractivity contribution is -0.141. The summed E-state index contributed by atoms with van der Waals surface area (Å²) in [5.74, 6) is 1.07. The van der Waals surface area contributed by atoms with Crippen LogP contribution in [0.1, 0.15) is 12.6 Å². The van der Waals surface area contributed by atoms with Crippen molar-refractivity contribution in [3.05, 3.63) is 60.3 Å². The van der Waals surface area contributed by atoms with Gasteiger partial charge < -0.3 is 14.2 Å². The molecule has 1 heterocycles. The zero-order valence-electron chi connectivity index (χ0n) is 15.6. The van der Waals surface area contributed by atoms with Gasteiger partial charge >= 0.3 is 5.97 Å². The lowest BCUT2D eigenvalue weighted by atomic mass is 10.1. The molecule has 3 rings (SSSR count). The van der Waals surface area contributed by atoms with E-state index in [0.29, 0.717) is 11.4 Å². The maximum atomic E-state index is 10.8. The fraction of sp³-hybridized carbons (Fsp3) is 0.190. The van der Waals surface area contributed by atoms with E-state index in [9.17, 15) is 10.1 Å². The van der Waals surface area contributed by atoms with Crippen molar-refractivity contribution in [1.29, 1.82) is 5.26 Å². The number of methoxy groups -OCH3 is 1. The molecule has 0 radical (unpaired) electrons. The van der Waals surface area contributed by atoms with Gasteiger partial charge in [-0.05, 0) is 48.5 Å². The van der Waals surface area contributed by atoms with Crippen LogP contribution in [-0.4, -0.2) is 36.1 Å². The van der Waals surface area contributed by atoms with Crippen LogP contribution in [0.4, 0.5) is 0 Å². The number of hydrogen-bond donors (Lipinski definition) is 0. The molecule has 0 bridgehead atoms. The fourth-order valence-corrected chi connectivity index (χ4v) is 2.63. The van der Waals surface area contributed by atoms with E-state index < -0.39 is 0 Å². The highest BCUT2D eigenvalue weighted by atomic mass is 16.6. The molecule has 3 aromatic rings. The van der Waals surface area contributed by atoms with Gasteiger partial charge in [-0.2, -0.15) is 10.4 Å². The van der Waals surface area contributed by atoms with Crippen molar-refractivity contribution in [3.8, 4) is 34.5 Å². The van der Waals surface area contributed by atoms with E-state index in [4.69, 9.17) is 14.2 Å². The Balaban J connectivity index is 1.81. The average Bonchev–Trinajstić information content (AvgIpc) is 3.16. The lowest BCUT2D eigenvalue weighted by Crippen LogP contribution is -2.09. The van der Waals surface area contributed by atoms with Crippen molar-refractivity contribution in [2.45, 2.75) is 6.92 Å². The molecule has 7 nitrogen and oxygen atoms in total. The normalized spacial score (nSPS) is 10.2. The Labute approximate surface area is 162 Å². The number of ether oxygens (including phenoxy) is 3. The Morgan fingerprint density at radius 2 is 1.75 bits per heavy atom. The maximum absolute atomic E-state index is 10.8. The van der Waals surface area contributed by atoms with E-state index in [1.54, 1.807) is 17.9 Å². The highest BCUT2D eigenvalue weighted by Gasteiger charge is 2.12. The van der Waals surface area contributed by atoms with Crippen molar-refractivity contribution >= 4 is 5.97 Å². The third kappa shape index (κ3) is 4.48. The second kappa shape index (κ2) is 8.73. The van der Waals surface area contributed by atoms with Crippen LogP contribution in [0.15, 0.2) is 54.6 Å². The van der Waals surface area contributed by atoms with Gasteiger partial charge in [0.15, 0.2) is 5.69 Å². The zero-order valence-corrected chi connectivity index (χ0v) is 15.6. The Kier molecular flexibility index (Phi) is 5.92. The van der Waals surface area contributed by atoms with Crippen molar-refractivity contribution in [2.75, 3.05) is 20.3 Å². The number of benzene rings is 2. The molecule has 0 spiro atoms. The van der Waals surface area contributed by atoms with E-state index in [1.165, 1.54) is 6.92 Å². The molecule has 0 aliphatic rings. The Morgan fingerprint density at radius 3 is 2.36 bits per heavy atom. The first kappa shape index (κ1) is 19.0. The van der Waals surface area contributed by atoms with Gasteiger partial charge in [-0.3, -0.25) is 4.79 Å². The Bertz CT molecular complexity index is 986. The monoisotopic (exact) mass is 377 g/mol. The summed E-state index contributed by atoms with van der Waals surface area (Å²) in [6, 6.07) is 18.7. The number of nitrogens with zero attached hydrogens (tertiary/aromatic N) is 3. The van der Waals surface area contributed by atoms with Gasteiger partial charge in [0.25, 0.3) is 0 Å². The van der Waals surface area contributed by atoms with Gasteiger partial charge in [0.2, 0.25) is 0 Å². The van der Waals surface area contributed by atoms with Crippen LogP contribution >= 0.6 is 0 Å². The van der Waals surface area contributed by atoms with E-state index in [1.807, 2.05) is 48.5 Å². The van der Waals surface area contributed by atoms with Crippen LogP contribution in [0.5, 0.6) is 11.5 Å². The van der Waals surface area contributed by atoms with Crippen molar-refractivity contribution in [2.24, 2.45) is 0 Å². The first-order valence-corrected chi connectivity index (χ1v) is 8.62. The quantitative estimate of drug-likeness (QED) is 0.463. The summed E-state index contributed by atoms with van der Waals surface area (Å²) in [4.78, 5) is 10.8.